The maximum absolute atomic E-state index is 5.46. The third-order valence-corrected chi connectivity index (χ3v) is 5.65. The number of aromatic nitrogens is 2. The van der Waals surface area contributed by atoms with Crippen LogP contribution in [0.4, 0.5) is 11.5 Å². The summed E-state index contributed by atoms with van der Waals surface area (Å²) in [5.74, 6) is 1.29. The zero-order valence-corrected chi connectivity index (χ0v) is 18.1. The van der Waals surface area contributed by atoms with Gasteiger partial charge in [0, 0.05) is 18.0 Å². The Morgan fingerprint density at radius 2 is 1.73 bits per heavy atom. The van der Waals surface area contributed by atoms with Gasteiger partial charge in [-0.05, 0) is 58.6 Å². The second-order valence-corrected chi connectivity index (χ2v) is 7.96. The Morgan fingerprint density at radius 3 is 2.53 bits per heavy atom. The van der Waals surface area contributed by atoms with Crippen LogP contribution in [0.2, 0.25) is 0 Å². The van der Waals surface area contributed by atoms with Gasteiger partial charge in [-0.3, -0.25) is 4.68 Å². The minimum Gasteiger partial charge on any atom is -0.332 e. The van der Waals surface area contributed by atoms with E-state index in [2.05, 4.69) is 96.3 Å². The third-order valence-electron chi connectivity index (χ3n) is 5.44. The molecule has 0 amide bonds. The summed E-state index contributed by atoms with van der Waals surface area (Å²) in [4.78, 5) is 0. The lowest BCUT2D eigenvalue weighted by atomic mass is 9.99. The van der Waals surface area contributed by atoms with E-state index in [-0.39, 0.29) is 0 Å². The van der Waals surface area contributed by atoms with Crippen LogP contribution in [0.5, 0.6) is 0 Å². The summed E-state index contributed by atoms with van der Waals surface area (Å²) >= 11 is 5.46. The van der Waals surface area contributed by atoms with Gasteiger partial charge >= 0.3 is 0 Å². The first-order valence-corrected chi connectivity index (χ1v) is 10.7. The molecule has 5 heteroatoms. The van der Waals surface area contributed by atoms with Gasteiger partial charge in [-0.2, -0.15) is 5.10 Å². The van der Waals surface area contributed by atoms with Crippen LogP contribution >= 0.6 is 12.2 Å². The van der Waals surface area contributed by atoms with Crippen molar-refractivity contribution in [2.24, 2.45) is 0 Å². The van der Waals surface area contributed by atoms with Crippen molar-refractivity contribution in [1.82, 2.24) is 9.78 Å². The Hall–Kier alpha value is -3.18. The van der Waals surface area contributed by atoms with Crippen LogP contribution in [0.25, 0.3) is 10.8 Å². The standard InChI is InChI=1S/C25H26N4S/c1-3-18(2)19-11-13-22(14-12-19)26-25(30)27-24-15-16-29(28-24)17-21-9-6-8-20-7-4-5-10-23(20)21/h4-16,18H,3,17H2,1-2H3,(H2,26,27,28,30)/t18-/m0/s1. The van der Waals surface area contributed by atoms with Crippen LogP contribution in [-0.4, -0.2) is 14.9 Å². The molecular formula is C25H26N4S. The third kappa shape index (κ3) is 4.69. The highest BCUT2D eigenvalue weighted by molar-refractivity contribution is 7.80. The molecule has 0 fully saturated rings. The molecule has 4 aromatic rings. The lowest BCUT2D eigenvalue weighted by Crippen LogP contribution is -2.19. The first kappa shape index (κ1) is 20.1. The summed E-state index contributed by atoms with van der Waals surface area (Å²) in [5, 5.41) is 14.0. The van der Waals surface area contributed by atoms with Crippen molar-refractivity contribution < 1.29 is 0 Å². The first-order chi connectivity index (χ1) is 14.6. The summed E-state index contributed by atoms with van der Waals surface area (Å²) in [7, 11) is 0. The molecule has 0 unspecified atom stereocenters. The zero-order valence-electron chi connectivity index (χ0n) is 17.3. The summed E-state index contributed by atoms with van der Waals surface area (Å²) in [6.45, 7) is 5.15. The van der Waals surface area contributed by atoms with Crippen LogP contribution in [0.3, 0.4) is 0 Å². The molecule has 1 aromatic heterocycles. The fraction of sp³-hybridized carbons (Fsp3) is 0.200. The minimum atomic E-state index is 0.529. The van der Waals surface area contributed by atoms with Gasteiger partial charge < -0.3 is 10.6 Å². The van der Waals surface area contributed by atoms with Crippen LogP contribution in [-0.2, 0) is 6.54 Å². The monoisotopic (exact) mass is 414 g/mol. The fourth-order valence-electron chi connectivity index (χ4n) is 3.53. The second kappa shape index (κ2) is 9.09. The Labute approximate surface area is 182 Å². The summed E-state index contributed by atoms with van der Waals surface area (Å²) in [5.41, 5.74) is 3.55. The highest BCUT2D eigenvalue weighted by Crippen LogP contribution is 2.21. The van der Waals surface area contributed by atoms with Gasteiger partial charge in [-0.25, -0.2) is 0 Å². The van der Waals surface area contributed by atoms with Crippen LogP contribution < -0.4 is 10.6 Å². The van der Waals surface area contributed by atoms with Gasteiger partial charge in [0.1, 0.15) is 0 Å². The normalized spacial score (nSPS) is 11.9. The topological polar surface area (TPSA) is 41.9 Å². The highest BCUT2D eigenvalue weighted by atomic mass is 32.1. The largest absolute Gasteiger partial charge is 0.332 e. The Bertz CT molecular complexity index is 1140. The Morgan fingerprint density at radius 1 is 0.967 bits per heavy atom. The van der Waals surface area contributed by atoms with E-state index in [9.17, 15) is 0 Å². The van der Waals surface area contributed by atoms with Crippen LogP contribution in [0, 0.1) is 0 Å². The SMILES string of the molecule is CC[C@H](C)c1ccc(NC(=S)Nc2ccn(Cc3cccc4ccccc34)n2)cc1. The highest BCUT2D eigenvalue weighted by Gasteiger charge is 2.06. The summed E-state index contributed by atoms with van der Waals surface area (Å²) in [6, 6.07) is 25.2. The molecule has 0 saturated heterocycles. The molecule has 2 N–H and O–H groups in total. The number of hydrogen-bond acceptors (Lipinski definition) is 2. The molecule has 30 heavy (non-hydrogen) atoms. The van der Waals surface area contributed by atoms with E-state index in [1.165, 1.54) is 21.9 Å². The Balaban J connectivity index is 1.39. The van der Waals surface area contributed by atoms with Crippen molar-refractivity contribution in [1.29, 1.82) is 0 Å². The number of anilines is 2. The number of fused-ring (bicyclic) bond motifs is 1. The summed E-state index contributed by atoms with van der Waals surface area (Å²) in [6.07, 6.45) is 3.10. The Kier molecular flexibility index (Phi) is 6.10. The zero-order chi connectivity index (χ0) is 20.9. The van der Waals surface area contributed by atoms with E-state index in [4.69, 9.17) is 12.2 Å². The molecule has 0 aliphatic rings. The molecule has 0 aliphatic heterocycles. The maximum Gasteiger partial charge on any atom is 0.176 e. The molecule has 0 bridgehead atoms. The van der Waals surface area contributed by atoms with Gasteiger partial charge in [0.25, 0.3) is 0 Å². The van der Waals surface area contributed by atoms with Gasteiger partial charge in [-0.1, -0.05) is 68.4 Å². The molecule has 1 atom stereocenters. The van der Waals surface area contributed by atoms with Crippen molar-refractivity contribution in [2.75, 3.05) is 10.6 Å². The number of nitrogens with zero attached hydrogens (tertiary/aromatic N) is 2. The van der Waals surface area contributed by atoms with Gasteiger partial charge in [0.15, 0.2) is 10.9 Å². The quantitative estimate of drug-likeness (QED) is 0.358. The molecule has 4 rings (SSSR count). The van der Waals surface area contributed by atoms with E-state index in [1.54, 1.807) is 0 Å². The van der Waals surface area contributed by atoms with E-state index >= 15 is 0 Å². The smallest absolute Gasteiger partial charge is 0.176 e. The fourth-order valence-corrected chi connectivity index (χ4v) is 3.75. The second-order valence-electron chi connectivity index (χ2n) is 7.55. The average Bonchev–Trinajstić information content (AvgIpc) is 3.20. The van der Waals surface area contributed by atoms with Crippen molar-refractivity contribution in [3.63, 3.8) is 0 Å². The average molecular weight is 415 g/mol. The molecule has 0 aliphatic carbocycles. The molecule has 1 heterocycles. The van der Waals surface area contributed by atoms with E-state index in [1.807, 2.05) is 16.9 Å². The van der Waals surface area contributed by atoms with E-state index in [0.717, 1.165) is 17.9 Å². The number of rotatable bonds is 6. The van der Waals surface area contributed by atoms with Gasteiger partial charge in [-0.15, -0.1) is 0 Å². The number of hydrogen-bond donors (Lipinski definition) is 2. The van der Waals surface area contributed by atoms with Crippen molar-refractivity contribution in [3.8, 4) is 0 Å². The molecule has 0 saturated carbocycles. The van der Waals surface area contributed by atoms with Crippen molar-refractivity contribution in [2.45, 2.75) is 32.7 Å². The van der Waals surface area contributed by atoms with E-state index in [0.29, 0.717) is 17.6 Å². The van der Waals surface area contributed by atoms with Crippen molar-refractivity contribution >= 4 is 39.6 Å². The van der Waals surface area contributed by atoms with E-state index < -0.39 is 0 Å². The van der Waals surface area contributed by atoms with Crippen molar-refractivity contribution in [3.05, 3.63) is 90.1 Å². The molecule has 3 aromatic carbocycles. The van der Waals surface area contributed by atoms with Crippen LogP contribution in [0.1, 0.15) is 37.3 Å². The number of thiocarbonyl (C=S) groups is 1. The van der Waals surface area contributed by atoms with Gasteiger partial charge in [0.05, 0.1) is 6.54 Å². The predicted molar refractivity (Wildman–Crippen MR) is 130 cm³/mol. The predicted octanol–water partition coefficient (Wildman–Crippen LogP) is 6.41. The lowest BCUT2D eigenvalue weighted by molar-refractivity contribution is 0.693. The minimum absolute atomic E-state index is 0.529. The number of nitrogens with one attached hydrogen (secondary N) is 2. The number of benzene rings is 3. The van der Waals surface area contributed by atoms with Gasteiger partial charge in [0.2, 0.25) is 0 Å². The molecule has 4 nitrogen and oxygen atoms in total. The first-order valence-electron chi connectivity index (χ1n) is 10.3. The lowest BCUT2D eigenvalue weighted by Gasteiger charge is -2.12. The molecular weight excluding hydrogens is 388 g/mol. The van der Waals surface area contributed by atoms with Crippen LogP contribution in [0.15, 0.2) is 79.0 Å². The molecule has 152 valence electrons. The molecule has 0 spiro atoms. The molecule has 0 radical (unpaired) electrons. The maximum atomic E-state index is 5.46. The summed E-state index contributed by atoms with van der Waals surface area (Å²) < 4.78 is 1.92.